The van der Waals surface area contributed by atoms with E-state index in [2.05, 4.69) is 75.8 Å². The van der Waals surface area contributed by atoms with Crippen LogP contribution in [-0.2, 0) is 0 Å². The monoisotopic (exact) mass is 429 g/mol. The fraction of sp³-hybridized carbons (Fsp3) is 0.357. The van der Waals surface area contributed by atoms with Gasteiger partial charge in [0.1, 0.15) is 0 Å². The van der Waals surface area contributed by atoms with E-state index in [-0.39, 0.29) is 6.10 Å². The summed E-state index contributed by atoms with van der Waals surface area (Å²) in [5, 5.41) is 13.8. The molecule has 1 heterocycles. The van der Waals surface area contributed by atoms with Crippen molar-refractivity contribution in [1.29, 1.82) is 0 Å². The van der Waals surface area contributed by atoms with Crippen molar-refractivity contribution in [1.82, 2.24) is 9.80 Å². The van der Waals surface area contributed by atoms with Crippen LogP contribution in [0.4, 0.5) is 5.69 Å². The molecule has 1 fully saturated rings. The number of para-hydroxylation sites is 1. The molecule has 0 saturated carbocycles. The maximum atomic E-state index is 10.4. The van der Waals surface area contributed by atoms with Crippen LogP contribution in [0.3, 0.4) is 0 Å². The first-order chi connectivity index (χ1) is 15.8. The van der Waals surface area contributed by atoms with E-state index in [9.17, 15) is 5.11 Å². The Bertz CT molecular complexity index is 856. The SMILES string of the molecule is OC(CNc1ccccc1)CN1CCN(CCC(c2ccccc2)c2ccccc2)CC1. The highest BCUT2D eigenvalue weighted by Gasteiger charge is 2.21. The highest BCUT2D eigenvalue weighted by molar-refractivity contribution is 5.42. The van der Waals surface area contributed by atoms with E-state index in [1.807, 2.05) is 30.3 Å². The summed E-state index contributed by atoms with van der Waals surface area (Å²) < 4.78 is 0. The van der Waals surface area contributed by atoms with Gasteiger partial charge in [0.2, 0.25) is 0 Å². The van der Waals surface area contributed by atoms with Gasteiger partial charge in [-0.2, -0.15) is 0 Å². The van der Waals surface area contributed by atoms with Crippen LogP contribution in [0, 0.1) is 0 Å². The third-order valence-corrected chi connectivity index (χ3v) is 6.39. The maximum Gasteiger partial charge on any atom is 0.0839 e. The molecule has 0 aliphatic carbocycles. The Morgan fingerprint density at radius 1 is 0.688 bits per heavy atom. The molecule has 0 amide bonds. The molecule has 1 saturated heterocycles. The van der Waals surface area contributed by atoms with Gasteiger partial charge in [-0.05, 0) is 36.2 Å². The molecule has 0 radical (unpaired) electrons. The van der Waals surface area contributed by atoms with Gasteiger partial charge in [0, 0.05) is 50.9 Å². The lowest BCUT2D eigenvalue weighted by Gasteiger charge is -2.36. The third kappa shape index (κ3) is 6.67. The number of hydrogen-bond acceptors (Lipinski definition) is 4. The lowest BCUT2D eigenvalue weighted by molar-refractivity contribution is 0.0775. The van der Waals surface area contributed by atoms with Crippen molar-refractivity contribution in [3.8, 4) is 0 Å². The first-order valence-corrected chi connectivity index (χ1v) is 11.8. The fourth-order valence-corrected chi connectivity index (χ4v) is 4.56. The van der Waals surface area contributed by atoms with E-state index in [1.54, 1.807) is 0 Å². The Morgan fingerprint density at radius 2 is 1.19 bits per heavy atom. The van der Waals surface area contributed by atoms with Crippen LogP contribution >= 0.6 is 0 Å². The second-order valence-electron chi connectivity index (χ2n) is 8.71. The predicted molar refractivity (Wildman–Crippen MR) is 133 cm³/mol. The van der Waals surface area contributed by atoms with E-state index in [1.165, 1.54) is 11.1 Å². The van der Waals surface area contributed by atoms with E-state index in [0.717, 1.165) is 51.4 Å². The summed E-state index contributed by atoms with van der Waals surface area (Å²) in [7, 11) is 0. The zero-order valence-electron chi connectivity index (χ0n) is 18.8. The van der Waals surface area contributed by atoms with Crippen LogP contribution < -0.4 is 5.32 Å². The number of aliphatic hydroxyl groups excluding tert-OH is 1. The van der Waals surface area contributed by atoms with Crippen LogP contribution in [0.5, 0.6) is 0 Å². The number of anilines is 1. The summed E-state index contributed by atoms with van der Waals surface area (Å²) in [6.45, 7) is 6.57. The Hall–Kier alpha value is -2.66. The molecule has 2 N–H and O–H groups in total. The fourth-order valence-electron chi connectivity index (χ4n) is 4.56. The molecule has 3 aromatic carbocycles. The first-order valence-electron chi connectivity index (χ1n) is 11.8. The molecule has 0 bridgehead atoms. The molecule has 1 aliphatic rings. The maximum absolute atomic E-state index is 10.4. The quantitative estimate of drug-likeness (QED) is 0.504. The van der Waals surface area contributed by atoms with Gasteiger partial charge in [-0.1, -0.05) is 78.9 Å². The van der Waals surface area contributed by atoms with Crippen molar-refractivity contribution in [2.45, 2.75) is 18.4 Å². The van der Waals surface area contributed by atoms with E-state index in [4.69, 9.17) is 0 Å². The molecular formula is C28H35N3O. The van der Waals surface area contributed by atoms with Crippen molar-refractivity contribution in [2.75, 3.05) is 51.1 Å². The zero-order valence-corrected chi connectivity index (χ0v) is 18.8. The average Bonchev–Trinajstić information content (AvgIpc) is 2.86. The Labute approximate surface area is 192 Å². The predicted octanol–water partition coefficient (Wildman–Crippen LogP) is 4.30. The lowest BCUT2D eigenvalue weighted by atomic mass is 9.88. The molecular weight excluding hydrogens is 394 g/mol. The van der Waals surface area contributed by atoms with Crippen LogP contribution in [0.2, 0.25) is 0 Å². The number of aliphatic hydroxyl groups is 1. The van der Waals surface area contributed by atoms with E-state index in [0.29, 0.717) is 12.5 Å². The van der Waals surface area contributed by atoms with Gasteiger partial charge in [0.15, 0.2) is 0 Å². The van der Waals surface area contributed by atoms with Crippen LogP contribution in [0.15, 0.2) is 91.0 Å². The van der Waals surface area contributed by atoms with Crippen LogP contribution in [0.25, 0.3) is 0 Å². The van der Waals surface area contributed by atoms with Gasteiger partial charge in [-0.3, -0.25) is 4.90 Å². The van der Waals surface area contributed by atoms with Crippen molar-refractivity contribution in [3.05, 3.63) is 102 Å². The molecule has 168 valence electrons. The summed E-state index contributed by atoms with van der Waals surface area (Å²) in [5.74, 6) is 0.432. The van der Waals surface area contributed by atoms with E-state index < -0.39 is 0 Å². The number of piperazine rings is 1. The lowest BCUT2D eigenvalue weighted by Crippen LogP contribution is -2.49. The summed E-state index contributed by atoms with van der Waals surface area (Å²) in [6, 6.07) is 31.8. The second kappa shape index (κ2) is 11.8. The molecule has 0 aromatic heterocycles. The smallest absolute Gasteiger partial charge is 0.0839 e. The number of hydrogen-bond donors (Lipinski definition) is 2. The second-order valence-corrected chi connectivity index (χ2v) is 8.71. The first kappa shape index (κ1) is 22.5. The van der Waals surface area contributed by atoms with Crippen LogP contribution in [-0.4, -0.2) is 66.8 Å². The Balaban J connectivity index is 1.22. The average molecular weight is 430 g/mol. The van der Waals surface area contributed by atoms with Gasteiger partial charge in [-0.25, -0.2) is 0 Å². The molecule has 4 rings (SSSR count). The summed E-state index contributed by atoms with van der Waals surface area (Å²) >= 11 is 0. The molecule has 0 spiro atoms. The largest absolute Gasteiger partial charge is 0.390 e. The highest BCUT2D eigenvalue weighted by Crippen LogP contribution is 2.28. The highest BCUT2D eigenvalue weighted by atomic mass is 16.3. The molecule has 1 aliphatic heterocycles. The number of nitrogens with one attached hydrogen (secondary N) is 1. The van der Waals surface area contributed by atoms with Gasteiger partial charge in [-0.15, -0.1) is 0 Å². The minimum Gasteiger partial charge on any atom is -0.390 e. The van der Waals surface area contributed by atoms with Crippen molar-refractivity contribution >= 4 is 5.69 Å². The minimum absolute atomic E-state index is 0.359. The van der Waals surface area contributed by atoms with Gasteiger partial charge >= 0.3 is 0 Å². The van der Waals surface area contributed by atoms with Gasteiger partial charge in [0.05, 0.1) is 6.10 Å². The zero-order chi connectivity index (χ0) is 22.0. The summed E-state index contributed by atoms with van der Waals surface area (Å²) in [4.78, 5) is 4.96. The minimum atomic E-state index is -0.359. The molecule has 4 nitrogen and oxygen atoms in total. The molecule has 32 heavy (non-hydrogen) atoms. The van der Waals surface area contributed by atoms with Crippen molar-refractivity contribution in [3.63, 3.8) is 0 Å². The Morgan fingerprint density at radius 3 is 1.75 bits per heavy atom. The topological polar surface area (TPSA) is 38.7 Å². The van der Waals surface area contributed by atoms with Gasteiger partial charge in [0.25, 0.3) is 0 Å². The number of benzene rings is 3. The normalized spacial score (nSPS) is 16.2. The standard InChI is InChI=1S/C28H35N3O/c32-27(22-29-26-14-8-3-9-15-26)23-31-20-18-30(19-21-31)17-16-28(24-10-4-1-5-11-24)25-12-6-2-7-13-25/h1-15,27-29,32H,16-23H2. The van der Waals surface area contributed by atoms with Crippen LogP contribution in [0.1, 0.15) is 23.5 Å². The number of β-amino-alcohol motifs (C(OH)–C–C–N with tert-alkyl or cyclic N) is 1. The summed E-state index contributed by atoms with van der Waals surface area (Å²) in [5.41, 5.74) is 3.85. The third-order valence-electron chi connectivity index (χ3n) is 6.39. The van der Waals surface area contributed by atoms with Crippen molar-refractivity contribution < 1.29 is 5.11 Å². The molecule has 3 aromatic rings. The molecule has 1 atom stereocenters. The van der Waals surface area contributed by atoms with Gasteiger partial charge < -0.3 is 15.3 Å². The van der Waals surface area contributed by atoms with E-state index >= 15 is 0 Å². The molecule has 4 heteroatoms. The molecule has 1 unspecified atom stereocenters. The number of nitrogens with zero attached hydrogens (tertiary/aromatic N) is 2. The van der Waals surface area contributed by atoms with Crippen molar-refractivity contribution in [2.24, 2.45) is 0 Å². The number of rotatable bonds is 10. The Kier molecular flexibility index (Phi) is 8.32. The summed E-state index contributed by atoms with van der Waals surface area (Å²) in [6.07, 6.45) is 0.764.